The van der Waals surface area contributed by atoms with Crippen molar-refractivity contribution in [2.75, 3.05) is 7.05 Å². The van der Waals surface area contributed by atoms with Gasteiger partial charge in [0.1, 0.15) is 10.8 Å². The molecule has 174 valence electrons. The summed E-state index contributed by atoms with van der Waals surface area (Å²) >= 11 is 1.49. The Morgan fingerprint density at radius 3 is 2.70 bits per heavy atom. The van der Waals surface area contributed by atoms with E-state index in [0.29, 0.717) is 28.9 Å². The molecule has 3 aromatic rings. The van der Waals surface area contributed by atoms with Gasteiger partial charge in [-0.1, -0.05) is 60.4 Å². The normalized spacial score (nSPS) is 14.5. The van der Waals surface area contributed by atoms with E-state index in [1.165, 1.54) is 49.4 Å². The van der Waals surface area contributed by atoms with Crippen molar-refractivity contribution in [2.45, 2.75) is 68.9 Å². The van der Waals surface area contributed by atoms with Gasteiger partial charge in [0.15, 0.2) is 0 Å². The number of hydrogen-bond acceptors (Lipinski definition) is 6. The van der Waals surface area contributed by atoms with Gasteiger partial charge in [0.2, 0.25) is 0 Å². The van der Waals surface area contributed by atoms with Crippen molar-refractivity contribution < 1.29 is 9.32 Å². The predicted octanol–water partition coefficient (Wildman–Crippen LogP) is 5.36. The molecule has 33 heavy (non-hydrogen) atoms. The van der Waals surface area contributed by atoms with Gasteiger partial charge in [0, 0.05) is 37.1 Å². The third-order valence-corrected chi connectivity index (χ3v) is 7.26. The fourth-order valence-corrected chi connectivity index (χ4v) is 5.25. The van der Waals surface area contributed by atoms with Crippen LogP contribution in [0.2, 0.25) is 0 Å². The molecule has 1 aliphatic carbocycles. The summed E-state index contributed by atoms with van der Waals surface area (Å²) in [6, 6.07) is 14.6. The average molecular weight is 465 g/mol. The van der Waals surface area contributed by atoms with Gasteiger partial charge in [0.05, 0.1) is 11.3 Å². The largest absolute Gasteiger partial charge is 0.361 e. The molecule has 2 heterocycles. The number of aryl methyl sites for hydroxylation is 1. The highest BCUT2D eigenvalue weighted by Crippen LogP contribution is 2.25. The van der Waals surface area contributed by atoms with Crippen molar-refractivity contribution >= 4 is 17.7 Å². The second kappa shape index (κ2) is 11.5. The summed E-state index contributed by atoms with van der Waals surface area (Å²) in [6.45, 7) is 3.27. The van der Waals surface area contributed by atoms with Crippen LogP contribution in [0.1, 0.15) is 65.0 Å². The fourth-order valence-electron chi connectivity index (χ4n) is 4.38. The van der Waals surface area contributed by atoms with Crippen LogP contribution in [-0.2, 0) is 18.8 Å². The highest BCUT2D eigenvalue weighted by Gasteiger charge is 2.19. The highest BCUT2D eigenvalue weighted by molar-refractivity contribution is 7.98. The molecule has 0 radical (unpaired) electrons. The molecule has 0 aliphatic heterocycles. The van der Waals surface area contributed by atoms with Crippen molar-refractivity contribution in [3.05, 3.63) is 76.8 Å². The van der Waals surface area contributed by atoms with Crippen LogP contribution in [-0.4, -0.2) is 34.0 Å². The van der Waals surface area contributed by atoms with E-state index in [9.17, 15) is 4.79 Å². The first-order valence-corrected chi connectivity index (χ1v) is 12.6. The van der Waals surface area contributed by atoms with E-state index >= 15 is 0 Å². The molecule has 1 N–H and O–H groups in total. The summed E-state index contributed by atoms with van der Waals surface area (Å²) in [6.07, 6.45) is 8.29. The third kappa shape index (κ3) is 6.45. The van der Waals surface area contributed by atoms with E-state index in [4.69, 9.17) is 4.52 Å². The molecule has 1 fully saturated rings. The first-order valence-electron chi connectivity index (χ1n) is 11.7. The Morgan fingerprint density at radius 2 is 1.94 bits per heavy atom. The summed E-state index contributed by atoms with van der Waals surface area (Å²) in [5, 5.41) is 7.82. The van der Waals surface area contributed by atoms with Gasteiger partial charge in [-0.25, -0.2) is 4.98 Å². The number of hydrogen-bond donors (Lipinski definition) is 1. The molecule has 0 spiro atoms. The number of rotatable bonds is 9. The van der Waals surface area contributed by atoms with Gasteiger partial charge >= 0.3 is 0 Å². The van der Waals surface area contributed by atoms with Crippen molar-refractivity contribution in [1.29, 1.82) is 0 Å². The Labute approximate surface area is 200 Å². The van der Waals surface area contributed by atoms with Crippen LogP contribution in [0.5, 0.6) is 0 Å². The molecule has 0 bridgehead atoms. The van der Waals surface area contributed by atoms with Crippen molar-refractivity contribution in [3.8, 4) is 0 Å². The van der Waals surface area contributed by atoms with Gasteiger partial charge < -0.3 is 9.84 Å². The fraction of sp³-hybridized carbons (Fsp3) is 0.423. The zero-order valence-corrected chi connectivity index (χ0v) is 20.2. The van der Waals surface area contributed by atoms with Crippen LogP contribution >= 0.6 is 11.8 Å². The minimum absolute atomic E-state index is 0.114. The van der Waals surface area contributed by atoms with E-state index in [0.717, 1.165) is 23.6 Å². The average Bonchev–Trinajstić information content (AvgIpc) is 3.27. The predicted molar refractivity (Wildman–Crippen MR) is 131 cm³/mol. The molecule has 1 saturated carbocycles. The van der Waals surface area contributed by atoms with Crippen molar-refractivity contribution in [3.63, 3.8) is 0 Å². The van der Waals surface area contributed by atoms with Crippen LogP contribution in [0, 0.1) is 6.92 Å². The molecule has 1 amide bonds. The lowest BCUT2D eigenvalue weighted by atomic mass is 9.94. The molecular weight excluding hydrogens is 432 g/mol. The Bertz CT molecular complexity index is 1060. The first-order chi connectivity index (χ1) is 16.1. The van der Waals surface area contributed by atoms with Crippen LogP contribution in [0.15, 0.2) is 58.2 Å². The standard InChI is InChI=1S/C26H32N4O2S/c1-19-15-22(29-32-19)18-33-26-24(13-8-14-27-26)25(31)28-16-20-9-6-7-10-21(20)17-30(2)23-11-4-3-5-12-23/h6-10,13-15,23H,3-5,11-12,16-18H2,1-2H3,(H,28,31). The maximum atomic E-state index is 13.0. The minimum Gasteiger partial charge on any atom is -0.361 e. The number of aromatic nitrogens is 2. The maximum Gasteiger partial charge on any atom is 0.254 e. The Morgan fingerprint density at radius 1 is 1.15 bits per heavy atom. The maximum absolute atomic E-state index is 13.0. The molecule has 6 nitrogen and oxygen atoms in total. The number of nitrogens with zero attached hydrogens (tertiary/aromatic N) is 3. The lowest BCUT2D eigenvalue weighted by Crippen LogP contribution is -2.33. The quantitative estimate of drug-likeness (QED) is 0.430. The summed E-state index contributed by atoms with van der Waals surface area (Å²) in [5.74, 6) is 1.26. The Kier molecular flexibility index (Phi) is 8.18. The number of thioether (sulfide) groups is 1. The van der Waals surface area contributed by atoms with Crippen molar-refractivity contribution in [1.82, 2.24) is 20.4 Å². The molecule has 1 aromatic carbocycles. The van der Waals surface area contributed by atoms with Gasteiger partial charge in [-0.3, -0.25) is 9.69 Å². The van der Waals surface area contributed by atoms with Gasteiger partial charge in [-0.05, 0) is 50.1 Å². The molecule has 0 atom stereocenters. The zero-order chi connectivity index (χ0) is 23.0. The molecular formula is C26H32N4O2S. The second-order valence-corrected chi connectivity index (χ2v) is 9.70. The van der Waals surface area contributed by atoms with E-state index in [1.807, 2.05) is 25.1 Å². The Hall–Kier alpha value is -2.64. The topological polar surface area (TPSA) is 71.3 Å². The summed E-state index contributed by atoms with van der Waals surface area (Å²) in [5.41, 5.74) is 3.85. The SMILES string of the molecule is Cc1cc(CSc2ncccc2C(=O)NCc2ccccc2CN(C)C2CCCCC2)no1. The molecule has 1 aliphatic rings. The van der Waals surface area contributed by atoms with Crippen LogP contribution in [0.4, 0.5) is 0 Å². The van der Waals surface area contributed by atoms with Crippen molar-refractivity contribution in [2.24, 2.45) is 0 Å². The van der Waals surface area contributed by atoms with E-state index in [1.54, 1.807) is 12.3 Å². The molecule has 4 rings (SSSR count). The first kappa shape index (κ1) is 23.5. The third-order valence-electron chi connectivity index (χ3n) is 6.22. The smallest absolute Gasteiger partial charge is 0.254 e. The summed E-state index contributed by atoms with van der Waals surface area (Å²) in [4.78, 5) is 19.9. The van der Waals surface area contributed by atoms with Gasteiger partial charge in [0.25, 0.3) is 5.91 Å². The summed E-state index contributed by atoms with van der Waals surface area (Å²) in [7, 11) is 2.22. The van der Waals surface area contributed by atoms with Crippen LogP contribution < -0.4 is 5.32 Å². The molecule has 0 saturated heterocycles. The van der Waals surface area contributed by atoms with Crippen LogP contribution in [0.25, 0.3) is 0 Å². The number of pyridine rings is 1. The molecule has 7 heteroatoms. The number of carbonyl (C=O) groups is 1. The Balaban J connectivity index is 1.38. The van der Waals surface area contributed by atoms with E-state index < -0.39 is 0 Å². The van der Waals surface area contributed by atoms with Crippen LogP contribution in [0.3, 0.4) is 0 Å². The molecule has 0 unspecified atom stereocenters. The van der Waals surface area contributed by atoms with Gasteiger partial charge in [-0.15, -0.1) is 0 Å². The number of benzene rings is 1. The minimum atomic E-state index is -0.114. The number of carbonyl (C=O) groups excluding carboxylic acids is 1. The van der Waals surface area contributed by atoms with E-state index in [-0.39, 0.29) is 5.91 Å². The number of amides is 1. The van der Waals surface area contributed by atoms with E-state index in [2.05, 4.69) is 45.6 Å². The lowest BCUT2D eigenvalue weighted by Gasteiger charge is -2.31. The highest BCUT2D eigenvalue weighted by atomic mass is 32.2. The number of nitrogens with one attached hydrogen (secondary N) is 1. The summed E-state index contributed by atoms with van der Waals surface area (Å²) < 4.78 is 5.13. The van der Waals surface area contributed by atoms with Gasteiger partial charge in [-0.2, -0.15) is 0 Å². The lowest BCUT2D eigenvalue weighted by molar-refractivity contribution is 0.0947. The zero-order valence-electron chi connectivity index (χ0n) is 19.4. The second-order valence-electron chi connectivity index (χ2n) is 8.73. The monoisotopic (exact) mass is 464 g/mol. The molecule has 2 aromatic heterocycles.